The van der Waals surface area contributed by atoms with Crippen molar-refractivity contribution in [3.05, 3.63) is 170 Å². The maximum Gasteiger partial charge on any atom is 0.136 e. The van der Waals surface area contributed by atoms with Gasteiger partial charge in [-0.1, -0.05) is 140 Å². The van der Waals surface area contributed by atoms with Crippen molar-refractivity contribution in [3.8, 4) is 33.4 Å². The van der Waals surface area contributed by atoms with Gasteiger partial charge in [0.1, 0.15) is 11.2 Å². The molecule has 0 atom stereocenters. The minimum atomic E-state index is 0.912. The number of rotatable bonds is 3. The van der Waals surface area contributed by atoms with Gasteiger partial charge in [0, 0.05) is 10.8 Å². The lowest BCUT2D eigenvalue weighted by atomic mass is 9.83. The Morgan fingerprint density at radius 3 is 1.53 bits per heavy atom. The topological polar surface area (TPSA) is 13.1 Å². The zero-order valence-electron chi connectivity index (χ0n) is 25.6. The van der Waals surface area contributed by atoms with Crippen LogP contribution in [0, 0.1) is 0 Å². The summed E-state index contributed by atoms with van der Waals surface area (Å²) in [4.78, 5) is 0. The molecule has 0 bridgehead atoms. The van der Waals surface area contributed by atoms with Crippen molar-refractivity contribution in [2.45, 2.75) is 0 Å². The Hall–Kier alpha value is -6.18. The van der Waals surface area contributed by atoms with E-state index in [0.717, 1.165) is 27.5 Å². The van der Waals surface area contributed by atoms with Crippen LogP contribution in [0.5, 0.6) is 0 Å². The van der Waals surface area contributed by atoms with Crippen LogP contribution in [0.4, 0.5) is 0 Å². The third-order valence-electron chi connectivity index (χ3n) is 9.83. The molecule has 10 rings (SSSR count). The standard InChI is InChI=1S/C46H28O/c1-3-15-33-29(12-1)14-11-22-35(33)32-26-30-13-2-4-16-34(30)42(27-32)46-40-20-7-5-18-38(40)45(39-19-6-8-21-41(39)46)31-24-25-37-36-17-9-10-23-43(36)47-44(37)28-31/h1-28H. The molecule has 0 N–H and O–H groups in total. The van der Waals surface area contributed by atoms with Crippen molar-refractivity contribution in [1.29, 1.82) is 0 Å². The molecule has 0 amide bonds. The number of furan rings is 1. The average molecular weight is 597 g/mol. The molecule has 0 saturated carbocycles. The Labute approximate surface area is 271 Å². The molecule has 1 aromatic heterocycles. The molecule has 1 heterocycles. The first-order chi connectivity index (χ1) is 23.3. The summed E-state index contributed by atoms with van der Waals surface area (Å²) in [6, 6.07) is 61.7. The zero-order chi connectivity index (χ0) is 30.9. The highest BCUT2D eigenvalue weighted by atomic mass is 16.3. The van der Waals surface area contributed by atoms with Crippen LogP contribution >= 0.6 is 0 Å². The lowest BCUT2D eigenvalue weighted by Gasteiger charge is -2.20. The molecular weight excluding hydrogens is 569 g/mol. The van der Waals surface area contributed by atoms with Crippen molar-refractivity contribution < 1.29 is 4.42 Å². The van der Waals surface area contributed by atoms with Gasteiger partial charge in [-0.25, -0.2) is 0 Å². The summed E-state index contributed by atoms with van der Waals surface area (Å²) in [6.07, 6.45) is 0. The second-order valence-corrected chi connectivity index (χ2v) is 12.4. The second kappa shape index (κ2) is 10.2. The zero-order valence-corrected chi connectivity index (χ0v) is 25.6. The van der Waals surface area contributed by atoms with E-state index < -0.39 is 0 Å². The van der Waals surface area contributed by atoms with Gasteiger partial charge in [0.05, 0.1) is 0 Å². The Bertz CT molecular complexity index is 2790. The van der Waals surface area contributed by atoms with Gasteiger partial charge in [-0.3, -0.25) is 0 Å². The van der Waals surface area contributed by atoms with Gasteiger partial charge in [0.15, 0.2) is 0 Å². The summed E-state index contributed by atoms with van der Waals surface area (Å²) in [5.74, 6) is 0. The molecule has 0 aliphatic carbocycles. The van der Waals surface area contributed by atoms with E-state index in [1.807, 2.05) is 12.1 Å². The first-order valence-electron chi connectivity index (χ1n) is 16.2. The van der Waals surface area contributed by atoms with Crippen LogP contribution in [0.25, 0.3) is 98.4 Å². The Kier molecular flexibility index (Phi) is 5.64. The van der Waals surface area contributed by atoms with Gasteiger partial charge in [0.2, 0.25) is 0 Å². The molecule has 0 spiro atoms. The number of hydrogen-bond acceptors (Lipinski definition) is 1. The Morgan fingerprint density at radius 1 is 0.277 bits per heavy atom. The normalized spacial score (nSPS) is 11.8. The van der Waals surface area contributed by atoms with Crippen molar-refractivity contribution in [1.82, 2.24) is 0 Å². The lowest BCUT2D eigenvalue weighted by molar-refractivity contribution is 0.669. The van der Waals surface area contributed by atoms with Crippen molar-refractivity contribution in [3.63, 3.8) is 0 Å². The minimum Gasteiger partial charge on any atom is -0.456 e. The van der Waals surface area contributed by atoms with E-state index in [1.54, 1.807) is 0 Å². The number of hydrogen-bond donors (Lipinski definition) is 0. The van der Waals surface area contributed by atoms with Gasteiger partial charge >= 0.3 is 0 Å². The van der Waals surface area contributed by atoms with Gasteiger partial charge in [-0.05, 0) is 107 Å². The molecule has 0 radical (unpaired) electrons. The number of fused-ring (bicyclic) bond motifs is 7. The van der Waals surface area contributed by atoms with E-state index in [9.17, 15) is 0 Å². The largest absolute Gasteiger partial charge is 0.456 e. The Balaban J connectivity index is 1.30. The fourth-order valence-electron chi connectivity index (χ4n) is 7.76. The van der Waals surface area contributed by atoms with Gasteiger partial charge in [-0.15, -0.1) is 0 Å². The van der Waals surface area contributed by atoms with Crippen LogP contribution in [0.3, 0.4) is 0 Å². The van der Waals surface area contributed by atoms with Crippen LogP contribution < -0.4 is 0 Å². The van der Waals surface area contributed by atoms with Gasteiger partial charge < -0.3 is 4.42 Å². The highest BCUT2D eigenvalue weighted by molar-refractivity contribution is 6.24. The molecule has 1 heteroatoms. The predicted molar refractivity (Wildman–Crippen MR) is 200 cm³/mol. The van der Waals surface area contributed by atoms with Crippen LogP contribution in [-0.2, 0) is 0 Å². The summed E-state index contributed by atoms with van der Waals surface area (Å²) in [6.45, 7) is 0. The monoisotopic (exact) mass is 596 g/mol. The van der Waals surface area contributed by atoms with E-state index in [1.165, 1.54) is 70.9 Å². The van der Waals surface area contributed by atoms with Crippen molar-refractivity contribution >= 4 is 65.0 Å². The number of benzene rings is 9. The van der Waals surface area contributed by atoms with E-state index in [2.05, 4.69) is 158 Å². The van der Waals surface area contributed by atoms with Crippen LogP contribution in [0.2, 0.25) is 0 Å². The van der Waals surface area contributed by atoms with E-state index in [0.29, 0.717) is 0 Å². The second-order valence-electron chi connectivity index (χ2n) is 12.4. The average Bonchev–Trinajstić information content (AvgIpc) is 3.51. The van der Waals surface area contributed by atoms with Gasteiger partial charge in [0.25, 0.3) is 0 Å². The summed E-state index contributed by atoms with van der Waals surface area (Å²) in [5, 5.41) is 12.3. The van der Waals surface area contributed by atoms with E-state index in [-0.39, 0.29) is 0 Å². The van der Waals surface area contributed by atoms with Crippen LogP contribution in [0.15, 0.2) is 174 Å². The van der Waals surface area contributed by atoms with E-state index in [4.69, 9.17) is 4.42 Å². The minimum absolute atomic E-state index is 0.912. The Morgan fingerprint density at radius 2 is 0.809 bits per heavy atom. The SMILES string of the molecule is c1ccc2c(-c3cc(-c4c5ccccc5c(-c5ccc6c(c5)oc5ccccc56)c5ccccc45)c4ccccc4c3)cccc2c1. The van der Waals surface area contributed by atoms with Gasteiger partial charge in [-0.2, -0.15) is 0 Å². The number of para-hydroxylation sites is 1. The van der Waals surface area contributed by atoms with Crippen LogP contribution in [0.1, 0.15) is 0 Å². The third-order valence-corrected chi connectivity index (χ3v) is 9.83. The summed E-state index contributed by atoms with van der Waals surface area (Å²) < 4.78 is 6.37. The van der Waals surface area contributed by atoms with Crippen molar-refractivity contribution in [2.75, 3.05) is 0 Å². The smallest absolute Gasteiger partial charge is 0.136 e. The maximum atomic E-state index is 6.37. The lowest BCUT2D eigenvalue weighted by Crippen LogP contribution is -1.92. The predicted octanol–water partition coefficient (Wildman–Crippen LogP) is 13.2. The van der Waals surface area contributed by atoms with Crippen LogP contribution in [-0.4, -0.2) is 0 Å². The third kappa shape index (κ3) is 3.97. The summed E-state index contributed by atoms with van der Waals surface area (Å²) in [5.41, 5.74) is 9.21. The molecule has 0 aliphatic heterocycles. The first-order valence-corrected chi connectivity index (χ1v) is 16.2. The summed E-state index contributed by atoms with van der Waals surface area (Å²) >= 11 is 0. The molecule has 0 saturated heterocycles. The quantitative estimate of drug-likeness (QED) is 0.185. The van der Waals surface area contributed by atoms with Crippen molar-refractivity contribution in [2.24, 2.45) is 0 Å². The molecule has 47 heavy (non-hydrogen) atoms. The molecule has 0 unspecified atom stereocenters. The molecule has 218 valence electrons. The highest BCUT2D eigenvalue weighted by Crippen LogP contribution is 2.47. The summed E-state index contributed by atoms with van der Waals surface area (Å²) in [7, 11) is 0. The molecular formula is C46H28O. The molecule has 10 aromatic rings. The first kappa shape index (κ1) is 26.1. The highest BCUT2D eigenvalue weighted by Gasteiger charge is 2.20. The molecule has 0 aliphatic rings. The maximum absolute atomic E-state index is 6.37. The van der Waals surface area contributed by atoms with E-state index >= 15 is 0 Å². The fourth-order valence-corrected chi connectivity index (χ4v) is 7.76. The molecule has 9 aromatic carbocycles. The molecule has 0 fully saturated rings. The molecule has 1 nitrogen and oxygen atoms in total. The fraction of sp³-hybridized carbons (Fsp3) is 0.